The molecule has 0 unspecified atom stereocenters. The molecule has 1 saturated heterocycles. The van der Waals surface area contributed by atoms with Gasteiger partial charge in [-0.2, -0.15) is 26.3 Å². The van der Waals surface area contributed by atoms with Crippen LogP contribution in [0.2, 0.25) is 0 Å². The third kappa shape index (κ3) is 4.56. The van der Waals surface area contributed by atoms with Crippen LogP contribution >= 0.6 is 24.0 Å². The van der Waals surface area contributed by atoms with Gasteiger partial charge in [0.25, 0.3) is 5.91 Å². The summed E-state index contributed by atoms with van der Waals surface area (Å²) in [4.78, 5) is 12.0. The first-order chi connectivity index (χ1) is 12.9. The smallest absolute Gasteiger partial charge is 0.307 e. The maximum absolute atomic E-state index is 13.0. The quantitative estimate of drug-likeness (QED) is 0.364. The maximum Gasteiger partial charge on any atom is 0.416 e. The topological polar surface area (TPSA) is 29.1 Å². The minimum Gasteiger partial charge on any atom is -0.307 e. The Labute approximate surface area is 164 Å². The number of benzene rings is 2. The zero-order valence-electron chi connectivity index (χ0n) is 13.6. The molecule has 0 aromatic heterocycles. The molecule has 0 atom stereocenters. The van der Waals surface area contributed by atoms with E-state index in [1.807, 2.05) is 0 Å². The van der Waals surface area contributed by atoms with E-state index in [1.54, 1.807) is 6.07 Å². The van der Waals surface area contributed by atoms with Gasteiger partial charge < -0.3 is 5.32 Å². The van der Waals surface area contributed by atoms with E-state index >= 15 is 0 Å². The van der Waals surface area contributed by atoms with Gasteiger partial charge in [0, 0.05) is 0 Å². The molecule has 1 fully saturated rings. The monoisotopic (exact) mass is 433 g/mol. The second-order valence-electron chi connectivity index (χ2n) is 5.77. The Hall–Kier alpha value is -2.33. The largest absolute Gasteiger partial charge is 0.416 e. The predicted molar refractivity (Wildman–Crippen MR) is 98.2 cm³/mol. The van der Waals surface area contributed by atoms with Crippen LogP contribution in [0.25, 0.3) is 17.2 Å². The third-order valence-corrected chi connectivity index (χ3v) is 4.91. The summed E-state index contributed by atoms with van der Waals surface area (Å²) in [6.45, 7) is 0. The molecule has 1 N–H and O–H groups in total. The van der Waals surface area contributed by atoms with Gasteiger partial charge in [0.2, 0.25) is 0 Å². The molecule has 1 aliphatic rings. The average molecular weight is 433 g/mol. The molecule has 0 bridgehead atoms. The van der Waals surface area contributed by atoms with Gasteiger partial charge in [0.1, 0.15) is 4.32 Å². The standard InChI is InChI=1S/C18H9F6NOS2/c19-17(20,21)12-6-11(7-13(8-12)18(22,23)24)10-3-1-2-9(4-10)5-14-15(26)25-16(27)28-14/h1-8H,(H,25,26,27). The molecular weight excluding hydrogens is 424 g/mol. The first-order valence-corrected chi connectivity index (χ1v) is 8.81. The Morgan fingerprint density at radius 1 is 0.893 bits per heavy atom. The zero-order valence-corrected chi connectivity index (χ0v) is 15.2. The molecule has 3 rings (SSSR count). The fourth-order valence-electron chi connectivity index (χ4n) is 2.50. The van der Waals surface area contributed by atoms with E-state index < -0.39 is 29.4 Å². The number of carbonyl (C=O) groups excluding carboxylic acids is 1. The molecule has 28 heavy (non-hydrogen) atoms. The van der Waals surface area contributed by atoms with Crippen LogP contribution in [0.15, 0.2) is 47.4 Å². The lowest BCUT2D eigenvalue weighted by molar-refractivity contribution is -0.143. The van der Waals surface area contributed by atoms with Gasteiger partial charge in [-0.1, -0.05) is 42.2 Å². The van der Waals surface area contributed by atoms with Crippen molar-refractivity contribution in [3.63, 3.8) is 0 Å². The summed E-state index contributed by atoms with van der Waals surface area (Å²) >= 11 is 5.88. The van der Waals surface area contributed by atoms with E-state index in [9.17, 15) is 31.1 Å². The fraction of sp³-hybridized carbons (Fsp3) is 0.111. The van der Waals surface area contributed by atoms with Crippen LogP contribution in [0, 0.1) is 0 Å². The summed E-state index contributed by atoms with van der Waals surface area (Å²) in [5, 5.41) is 2.42. The van der Waals surface area contributed by atoms with Gasteiger partial charge in [0.15, 0.2) is 0 Å². The Kier molecular flexibility index (Phi) is 5.28. The molecule has 146 valence electrons. The summed E-state index contributed by atoms with van der Waals surface area (Å²) in [6.07, 6.45) is -8.39. The normalized spacial score (nSPS) is 16.6. The first-order valence-electron chi connectivity index (χ1n) is 7.58. The summed E-state index contributed by atoms with van der Waals surface area (Å²) < 4.78 is 78.5. The van der Waals surface area contributed by atoms with Crippen molar-refractivity contribution in [2.75, 3.05) is 0 Å². The average Bonchev–Trinajstić information content (AvgIpc) is 2.90. The van der Waals surface area contributed by atoms with Gasteiger partial charge in [-0.05, 0) is 47.0 Å². The number of thioether (sulfide) groups is 1. The summed E-state index contributed by atoms with van der Waals surface area (Å²) in [5.74, 6) is -0.418. The number of carbonyl (C=O) groups is 1. The predicted octanol–water partition coefficient (Wildman–Crippen LogP) is 5.88. The number of halogens is 6. The molecule has 0 radical (unpaired) electrons. The van der Waals surface area contributed by atoms with Crippen molar-refractivity contribution in [3.05, 3.63) is 64.1 Å². The Bertz CT molecular complexity index is 962. The zero-order chi connectivity index (χ0) is 20.7. The van der Waals surface area contributed by atoms with E-state index in [0.717, 1.165) is 11.8 Å². The van der Waals surface area contributed by atoms with Crippen molar-refractivity contribution in [1.29, 1.82) is 0 Å². The van der Waals surface area contributed by atoms with Crippen LogP contribution in [-0.2, 0) is 17.1 Å². The molecule has 1 aliphatic heterocycles. The molecule has 2 nitrogen and oxygen atoms in total. The Morgan fingerprint density at radius 3 is 2.00 bits per heavy atom. The molecule has 2 aromatic carbocycles. The van der Waals surface area contributed by atoms with Crippen molar-refractivity contribution < 1.29 is 31.1 Å². The highest BCUT2D eigenvalue weighted by molar-refractivity contribution is 8.26. The highest BCUT2D eigenvalue weighted by atomic mass is 32.2. The van der Waals surface area contributed by atoms with E-state index in [0.29, 0.717) is 17.7 Å². The molecular formula is C18H9F6NOS2. The molecule has 0 saturated carbocycles. The highest BCUT2D eigenvalue weighted by Crippen LogP contribution is 2.39. The Morgan fingerprint density at radius 2 is 1.50 bits per heavy atom. The van der Waals surface area contributed by atoms with Gasteiger partial charge >= 0.3 is 12.4 Å². The van der Waals surface area contributed by atoms with Gasteiger partial charge in [-0.25, -0.2) is 0 Å². The molecule has 1 amide bonds. The van der Waals surface area contributed by atoms with E-state index in [-0.39, 0.29) is 26.4 Å². The minimum atomic E-state index is -4.93. The van der Waals surface area contributed by atoms with E-state index in [4.69, 9.17) is 12.2 Å². The van der Waals surface area contributed by atoms with Crippen molar-refractivity contribution in [3.8, 4) is 11.1 Å². The SMILES string of the molecule is O=C1NC(=S)SC1=Cc1cccc(-c2cc(C(F)(F)F)cc(C(F)(F)F)c2)c1. The fourth-order valence-corrected chi connectivity index (χ4v) is 3.55. The van der Waals surface area contributed by atoms with Crippen molar-refractivity contribution in [2.24, 2.45) is 0 Å². The number of hydrogen-bond donors (Lipinski definition) is 1. The third-order valence-electron chi connectivity index (χ3n) is 3.75. The molecule has 0 spiro atoms. The summed E-state index contributed by atoms with van der Waals surface area (Å²) in [6, 6.07) is 7.24. The molecule has 2 aromatic rings. The summed E-state index contributed by atoms with van der Waals surface area (Å²) in [7, 11) is 0. The molecule has 10 heteroatoms. The first kappa shape index (κ1) is 20.4. The van der Waals surface area contributed by atoms with Crippen LogP contribution in [0.5, 0.6) is 0 Å². The Balaban J connectivity index is 2.08. The lowest BCUT2D eigenvalue weighted by atomic mass is 9.97. The number of alkyl halides is 6. The molecule has 0 aliphatic carbocycles. The number of rotatable bonds is 2. The van der Waals surface area contributed by atoms with Crippen LogP contribution in [0.4, 0.5) is 26.3 Å². The second-order valence-corrected chi connectivity index (χ2v) is 7.49. The number of thiocarbonyl (C=S) groups is 1. The van der Waals surface area contributed by atoms with Crippen LogP contribution in [0.3, 0.4) is 0 Å². The van der Waals surface area contributed by atoms with E-state index in [1.165, 1.54) is 24.3 Å². The maximum atomic E-state index is 13.0. The van der Waals surface area contributed by atoms with Gasteiger partial charge in [-0.3, -0.25) is 4.79 Å². The molecule has 1 heterocycles. The van der Waals surface area contributed by atoms with E-state index in [2.05, 4.69) is 5.32 Å². The van der Waals surface area contributed by atoms with Crippen LogP contribution in [0.1, 0.15) is 16.7 Å². The number of hydrogen-bond acceptors (Lipinski definition) is 3. The van der Waals surface area contributed by atoms with Crippen LogP contribution in [-0.4, -0.2) is 10.2 Å². The lowest BCUT2D eigenvalue weighted by Crippen LogP contribution is -2.17. The minimum absolute atomic E-state index is 0.0791. The number of nitrogens with one attached hydrogen (secondary N) is 1. The lowest BCUT2D eigenvalue weighted by Gasteiger charge is -2.14. The van der Waals surface area contributed by atoms with Crippen LogP contribution < -0.4 is 5.32 Å². The van der Waals surface area contributed by atoms with Crippen molar-refractivity contribution in [1.82, 2.24) is 5.32 Å². The number of amides is 1. The second kappa shape index (κ2) is 7.25. The van der Waals surface area contributed by atoms with Crippen molar-refractivity contribution >= 4 is 40.3 Å². The highest BCUT2D eigenvalue weighted by Gasteiger charge is 2.37. The van der Waals surface area contributed by atoms with Crippen molar-refractivity contribution in [2.45, 2.75) is 12.4 Å². The van der Waals surface area contributed by atoms with Gasteiger partial charge in [0.05, 0.1) is 16.0 Å². The summed E-state index contributed by atoms with van der Waals surface area (Å²) in [5.41, 5.74) is -2.43. The van der Waals surface area contributed by atoms with Gasteiger partial charge in [-0.15, -0.1) is 0 Å².